The van der Waals surface area contributed by atoms with E-state index in [-0.39, 0.29) is 30.4 Å². The number of carbonyl (C=O) groups excluding carboxylic acids is 1. The van der Waals surface area contributed by atoms with E-state index in [0.29, 0.717) is 30.8 Å². The zero-order valence-electron chi connectivity index (χ0n) is 21.7. The van der Waals surface area contributed by atoms with Gasteiger partial charge in [-0.15, -0.1) is 0 Å². The van der Waals surface area contributed by atoms with E-state index in [4.69, 9.17) is 9.47 Å². The van der Waals surface area contributed by atoms with Crippen LogP contribution in [0, 0.1) is 6.92 Å². The Bertz CT molecular complexity index is 795. The van der Waals surface area contributed by atoms with Gasteiger partial charge in [-0.25, -0.2) is 9.59 Å². The lowest BCUT2D eigenvalue weighted by molar-refractivity contribution is -0.0550. The van der Waals surface area contributed by atoms with Crippen LogP contribution in [0.5, 0.6) is 0 Å². The Morgan fingerprint density at radius 1 is 1.18 bits per heavy atom. The number of aromatic carboxylic acids is 1. The average Bonchev–Trinajstić information content (AvgIpc) is 2.80. The molecule has 0 aromatic heterocycles. The SMILES string of the molecule is CCCCNC(=O)N(CCOC1CCCC(OCc2cccc(C)c2C(=O)O)C1)C(C)(C)CC. The molecule has 2 rings (SSSR count). The van der Waals surface area contributed by atoms with Crippen LogP contribution < -0.4 is 5.32 Å². The van der Waals surface area contributed by atoms with E-state index >= 15 is 0 Å². The number of amides is 2. The number of ether oxygens (including phenoxy) is 2. The van der Waals surface area contributed by atoms with Crippen molar-refractivity contribution in [3.8, 4) is 0 Å². The fourth-order valence-electron chi connectivity index (χ4n) is 4.42. The lowest BCUT2D eigenvalue weighted by Crippen LogP contribution is -2.53. The highest BCUT2D eigenvalue weighted by atomic mass is 16.5. The zero-order valence-corrected chi connectivity index (χ0v) is 21.7. The molecule has 192 valence electrons. The molecule has 34 heavy (non-hydrogen) atoms. The van der Waals surface area contributed by atoms with Gasteiger partial charge in [0, 0.05) is 18.6 Å². The van der Waals surface area contributed by atoms with E-state index in [1.165, 1.54) is 0 Å². The topological polar surface area (TPSA) is 88.1 Å². The maximum Gasteiger partial charge on any atom is 0.336 e. The summed E-state index contributed by atoms with van der Waals surface area (Å²) in [4.78, 5) is 26.3. The van der Waals surface area contributed by atoms with Crippen LogP contribution in [0.15, 0.2) is 18.2 Å². The number of hydrogen-bond acceptors (Lipinski definition) is 4. The van der Waals surface area contributed by atoms with Crippen LogP contribution in [0.1, 0.15) is 94.1 Å². The van der Waals surface area contributed by atoms with Gasteiger partial charge in [0.2, 0.25) is 0 Å². The van der Waals surface area contributed by atoms with Gasteiger partial charge in [0.05, 0.1) is 31.0 Å². The summed E-state index contributed by atoms with van der Waals surface area (Å²) in [7, 11) is 0. The third-order valence-electron chi connectivity index (χ3n) is 6.94. The Morgan fingerprint density at radius 3 is 2.53 bits per heavy atom. The minimum atomic E-state index is -0.917. The fourth-order valence-corrected chi connectivity index (χ4v) is 4.42. The van der Waals surface area contributed by atoms with Gasteiger partial charge in [-0.3, -0.25) is 0 Å². The van der Waals surface area contributed by atoms with Gasteiger partial charge in [-0.2, -0.15) is 0 Å². The number of nitrogens with zero attached hydrogens (tertiary/aromatic N) is 1. The quantitative estimate of drug-likeness (QED) is 0.365. The standard InChI is InChI=1S/C27H44N2O5/c1-6-8-15-28-26(32)29(27(4,5)7-2)16-17-33-22-13-10-14-23(18-22)34-19-21-12-9-11-20(3)24(21)25(30)31/h9,11-12,22-23H,6-8,10,13-19H2,1-5H3,(H,28,32)(H,30,31). The summed E-state index contributed by atoms with van der Waals surface area (Å²) in [5.41, 5.74) is 1.55. The van der Waals surface area contributed by atoms with Crippen molar-refractivity contribution >= 4 is 12.0 Å². The normalized spacial score (nSPS) is 18.5. The number of benzene rings is 1. The Balaban J connectivity index is 1.86. The lowest BCUT2D eigenvalue weighted by Gasteiger charge is -2.38. The fraction of sp³-hybridized carbons (Fsp3) is 0.704. The van der Waals surface area contributed by atoms with E-state index in [1.54, 1.807) is 0 Å². The molecule has 1 aliphatic carbocycles. The van der Waals surface area contributed by atoms with Crippen LogP contribution in [0.4, 0.5) is 4.79 Å². The van der Waals surface area contributed by atoms with Gasteiger partial charge < -0.3 is 24.8 Å². The predicted octanol–water partition coefficient (Wildman–Crippen LogP) is 5.54. The molecule has 1 aromatic carbocycles. The molecule has 0 radical (unpaired) electrons. The van der Waals surface area contributed by atoms with E-state index in [9.17, 15) is 14.7 Å². The number of hydrogen-bond donors (Lipinski definition) is 2. The second kappa shape index (κ2) is 13.7. The van der Waals surface area contributed by atoms with Crippen LogP contribution in [-0.2, 0) is 16.1 Å². The second-order valence-electron chi connectivity index (χ2n) is 9.91. The Kier molecular flexibility index (Phi) is 11.3. The smallest absolute Gasteiger partial charge is 0.336 e. The third kappa shape index (κ3) is 8.27. The Labute approximate surface area is 205 Å². The number of unbranched alkanes of at least 4 members (excludes halogenated alkanes) is 1. The highest BCUT2D eigenvalue weighted by Crippen LogP contribution is 2.26. The molecule has 2 atom stereocenters. The lowest BCUT2D eigenvalue weighted by atomic mass is 9.94. The number of aryl methyl sites for hydroxylation is 1. The van der Waals surface area contributed by atoms with E-state index in [2.05, 4.69) is 33.0 Å². The minimum Gasteiger partial charge on any atom is -0.478 e. The molecule has 7 heteroatoms. The van der Waals surface area contributed by atoms with Crippen LogP contribution in [-0.4, -0.2) is 59.5 Å². The van der Waals surface area contributed by atoms with Gasteiger partial charge in [0.1, 0.15) is 0 Å². The molecular weight excluding hydrogens is 432 g/mol. The summed E-state index contributed by atoms with van der Waals surface area (Å²) in [5, 5.41) is 12.6. The van der Waals surface area contributed by atoms with Crippen molar-refractivity contribution in [2.75, 3.05) is 19.7 Å². The average molecular weight is 477 g/mol. The monoisotopic (exact) mass is 476 g/mol. The molecule has 0 aliphatic heterocycles. The number of carbonyl (C=O) groups is 2. The first kappa shape index (κ1) is 28.1. The molecular formula is C27H44N2O5. The summed E-state index contributed by atoms with van der Waals surface area (Å²) in [6.45, 7) is 12.2. The molecule has 0 heterocycles. The molecule has 0 spiro atoms. The molecule has 1 aromatic rings. The van der Waals surface area contributed by atoms with Crippen molar-refractivity contribution in [1.82, 2.24) is 10.2 Å². The molecule has 0 saturated heterocycles. The van der Waals surface area contributed by atoms with Gasteiger partial charge in [0.25, 0.3) is 0 Å². The van der Waals surface area contributed by atoms with Crippen molar-refractivity contribution < 1.29 is 24.2 Å². The number of rotatable bonds is 13. The molecule has 0 bridgehead atoms. The first-order valence-corrected chi connectivity index (χ1v) is 12.8. The second-order valence-corrected chi connectivity index (χ2v) is 9.91. The molecule has 2 amide bonds. The summed E-state index contributed by atoms with van der Waals surface area (Å²) >= 11 is 0. The molecule has 7 nitrogen and oxygen atoms in total. The number of urea groups is 1. The summed E-state index contributed by atoms with van der Waals surface area (Å²) in [5.74, 6) is -0.917. The first-order chi connectivity index (χ1) is 16.2. The third-order valence-corrected chi connectivity index (χ3v) is 6.94. The summed E-state index contributed by atoms with van der Waals surface area (Å²) in [6.07, 6.45) is 6.74. The van der Waals surface area contributed by atoms with Crippen LogP contribution in [0.25, 0.3) is 0 Å². The van der Waals surface area contributed by atoms with Gasteiger partial charge >= 0.3 is 12.0 Å². The Morgan fingerprint density at radius 2 is 1.88 bits per heavy atom. The number of carboxylic acid groups (broad SMARTS) is 1. The van der Waals surface area contributed by atoms with Crippen molar-refractivity contribution in [2.45, 2.75) is 104 Å². The molecule has 2 unspecified atom stereocenters. The highest BCUT2D eigenvalue weighted by Gasteiger charge is 2.30. The van der Waals surface area contributed by atoms with Crippen molar-refractivity contribution in [3.05, 3.63) is 34.9 Å². The van der Waals surface area contributed by atoms with Crippen LogP contribution in [0.2, 0.25) is 0 Å². The van der Waals surface area contributed by atoms with E-state index < -0.39 is 5.97 Å². The first-order valence-electron chi connectivity index (χ1n) is 12.8. The molecule has 2 N–H and O–H groups in total. The van der Waals surface area contributed by atoms with Gasteiger partial charge in [-0.1, -0.05) is 38.5 Å². The summed E-state index contributed by atoms with van der Waals surface area (Å²) in [6, 6.07) is 5.48. The number of carboxylic acids is 1. The number of nitrogens with one attached hydrogen (secondary N) is 1. The van der Waals surface area contributed by atoms with Gasteiger partial charge in [-0.05, 0) is 70.4 Å². The van der Waals surface area contributed by atoms with Crippen LogP contribution >= 0.6 is 0 Å². The molecule has 1 aliphatic rings. The molecule has 1 saturated carbocycles. The largest absolute Gasteiger partial charge is 0.478 e. The van der Waals surface area contributed by atoms with Gasteiger partial charge in [0.15, 0.2) is 0 Å². The maximum absolute atomic E-state index is 12.8. The minimum absolute atomic E-state index is 0.0267. The van der Waals surface area contributed by atoms with Crippen LogP contribution in [0.3, 0.4) is 0 Å². The van der Waals surface area contributed by atoms with E-state index in [0.717, 1.165) is 50.5 Å². The molecule has 1 fully saturated rings. The van der Waals surface area contributed by atoms with Crippen molar-refractivity contribution in [2.24, 2.45) is 0 Å². The van der Waals surface area contributed by atoms with Crippen molar-refractivity contribution in [1.29, 1.82) is 0 Å². The maximum atomic E-state index is 12.8. The van der Waals surface area contributed by atoms with E-state index in [1.807, 2.05) is 30.0 Å². The predicted molar refractivity (Wildman–Crippen MR) is 134 cm³/mol. The zero-order chi connectivity index (χ0) is 25.1. The van der Waals surface area contributed by atoms with Crippen molar-refractivity contribution in [3.63, 3.8) is 0 Å². The highest BCUT2D eigenvalue weighted by molar-refractivity contribution is 5.91. The Hall–Kier alpha value is -2.12. The summed E-state index contributed by atoms with van der Waals surface area (Å²) < 4.78 is 12.3.